The molecule has 1 atom stereocenters. The summed E-state index contributed by atoms with van der Waals surface area (Å²) in [5.41, 5.74) is 2.79. The van der Waals surface area contributed by atoms with E-state index in [-0.39, 0.29) is 18.2 Å². The summed E-state index contributed by atoms with van der Waals surface area (Å²) in [6.07, 6.45) is 1.78. The number of aryl methyl sites for hydroxylation is 2. The van der Waals surface area contributed by atoms with Crippen molar-refractivity contribution in [3.63, 3.8) is 0 Å². The average Bonchev–Trinajstić information content (AvgIpc) is 2.98. The van der Waals surface area contributed by atoms with Gasteiger partial charge in [-0.15, -0.1) is 0 Å². The van der Waals surface area contributed by atoms with Crippen LogP contribution in [0.4, 0.5) is 29.1 Å². The zero-order valence-electron chi connectivity index (χ0n) is 19.4. The number of halogens is 4. The van der Waals surface area contributed by atoms with E-state index in [9.17, 15) is 26.0 Å². The van der Waals surface area contributed by atoms with Crippen LogP contribution in [0.5, 0.6) is 0 Å². The number of aromatic nitrogens is 2. The van der Waals surface area contributed by atoms with Crippen molar-refractivity contribution in [1.29, 1.82) is 0 Å². The van der Waals surface area contributed by atoms with Gasteiger partial charge in [-0.2, -0.15) is 17.5 Å². The monoisotopic (exact) mass is 523 g/mol. The van der Waals surface area contributed by atoms with Crippen molar-refractivity contribution in [2.75, 3.05) is 17.2 Å². The molecule has 0 fully saturated rings. The molecule has 36 heavy (non-hydrogen) atoms. The standard InChI is InChI=1S/C24H25F4N5O2S/c1-16-6-5-9-21-19(16)14-32(36(34,35)24(26,27)28)13-18(11-10-17-7-3-2-4-8-17)33(21)15-22-30-12-20(25)23(29)31-22/h2-9,12,18H,10-11,13-15H2,1H3,(H2,29,30,31)/t18-/m0/s1. The Hall–Kier alpha value is -3.25. The van der Waals surface area contributed by atoms with E-state index in [4.69, 9.17) is 5.73 Å². The molecule has 3 aromatic rings. The van der Waals surface area contributed by atoms with Crippen LogP contribution in [0.25, 0.3) is 0 Å². The fourth-order valence-corrected chi connectivity index (χ4v) is 5.31. The maximum atomic E-state index is 13.7. The van der Waals surface area contributed by atoms with Gasteiger partial charge in [0.1, 0.15) is 5.82 Å². The van der Waals surface area contributed by atoms with Gasteiger partial charge in [0, 0.05) is 24.8 Å². The highest BCUT2D eigenvalue weighted by molar-refractivity contribution is 7.89. The first kappa shape index (κ1) is 25.8. The molecule has 0 amide bonds. The SMILES string of the molecule is Cc1cccc2c1CN(S(=O)(=O)C(F)(F)F)C[C@H](CCc1ccccc1)N2Cc1ncc(F)c(N)n1. The highest BCUT2D eigenvalue weighted by Gasteiger charge is 2.51. The number of fused-ring (bicyclic) bond motifs is 1. The molecule has 1 aromatic heterocycles. The first-order chi connectivity index (χ1) is 17.0. The van der Waals surface area contributed by atoms with E-state index in [1.807, 2.05) is 30.3 Å². The number of nitrogen functional groups attached to an aromatic ring is 1. The van der Waals surface area contributed by atoms with E-state index in [0.29, 0.717) is 34.0 Å². The maximum absolute atomic E-state index is 13.7. The molecule has 2 heterocycles. The molecule has 0 spiro atoms. The van der Waals surface area contributed by atoms with Crippen molar-refractivity contribution >= 4 is 21.5 Å². The summed E-state index contributed by atoms with van der Waals surface area (Å²) < 4.78 is 80.1. The highest BCUT2D eigenvalue weighted by atomic mass is 32.2. The van der Waals surface area contributed by atoms with Crippen LogP contribution in [0.1, 0.15) is 28.9 Å². The molecular formula is C24H25F4N5O2S. The van der Waals surface area contributed by atoms with E-state index >= 15 is 0 Å². The highest BCUT2D eigenvalue weighted by Crippen LogP contribution is 2.37. The number of anilines is 2. The van der Waals surface area contributed by atoms with Crippen molar-refractivity contribution in [2.45, 2.75) is 44.4 Å². The van der Waals surface area contributed by atoms with Crippen LogP contribution in [0.3, 0.4) is 0 Å². The Kier molecular flexibility index (Phi) is 7.19. The van der Waals surface area contributed by atoms with Crippen LogP contribution >= 0.6 is 0 Å². The van der Waals surface area contributed by atoms with Crippen molar-refractivity contribution in [1.82, 2.24) is 14.3 Å². The lowest BCUT2D eigenvalue weighted by atomic mass is 10.0. The Balaban J connectivity index is 1.80. The number of alkyl halides is 3. The first-order valence-corrected chi connectivity index (χ1v) is 12.6. The fraction of sp³-hybridized carbons (Fsp3) is 0.333. The summed E-state index contributed by atoms with van der Waals surface area (Å²) in [5.74, 6) is -0.964. The topological polar surface area (TPSA) is 92.4 Å². The number of sulfonamides is 1. The normalized spacial score (nSPS) is 17.0. The number of hydrogen-bond acceptors (Lipinski definition) is 6. The second kappa shape index (κ2) is 10.0. The number of nitrogens with zero attached hydrogens (tertiary/aromatic N) is 4. The van der Waals surface area contributed by atoms with Crippen LogP contribution in [-0.2, 0) is 29.5 Å². The average molecular weight is 524 g/mol. The lowest BCUT2D eigenvalue weighted by molar-refractivity contribution is -0.0492. The zero-order valence-corrected chi connectivity index (χ0v) is 20.2. The largest absolute Gasteiger partial charge is 0.511 e. The molecule has 0 unspecified atom stereocenters. The Morgan fingerprint density at radius 2 is 1.83 bits per heavy atom. The molecular weight excluding hydrogens is 498 g/mol. The third-order valence-electron chi connectivity index (χ3n) is 6.26. The maximum Gasteiger partial charge on any atom is 0.511 e. The van der Waals surface area contributed by atoms with Crippen molar-refractivity contribution < 1.29 is 26.0 Å². The molecule has 0 bridgehead atoms. The number of nitrogens with two attached hydrogens (primary N) is 1. The van der Waals surface area contributed by atoms with E-state index in [1.165, 1.54) is 0 Å². The summed E-state index contributed by atoms with van der Waals surface area (Å²) in [6, 6.07) is 13.9. The van der Waals surface area contributed by atoms with Gasteiger partial charge in [-0.05, 0) is 42.5 Å². The number of hydrogen-bond donors (Lipinski definition) is 1. The molecule has 7 nitrogen and oxygen atoms in total. The molecule has 12 heteroatoms. The summed E-state index contributed by atoms with van der Waals surface area (Å²) in [5, 5.41) is 0. The van der Waals surface area contributed by atoms with Gasteiger partial charge in [0.15, 0.2) is 11.6 Å². The smallest absolute Gasteiger partial charge is 0.381 e. The molecule has 2 N–H and O–H groups in total. The molecule has 1 aliphatic heterocycles. The molecule has 4 rings (SSSR count). The predicted octanol–water partition coefficient (Wildman–Crippen LogP) is 4.18. The lowest BCUT2D eigenvalue weighted by Crippen LogP contribution is -2.47. The van der Waals surface area contributed by atoms with Crippen LogP contribution in [-0.4, -0.2) is 40.8 Å². The van der Waals surface area contributed by atoms with Crippen LogP contribution < -0.4 is 10.6 Å². The van der Waals surface area contributed by atoms with Crippen molar-refractivity contribution in [3.05, 3.63) is 83.1 Å². The molecule has 1 aliphatic rings. The number of benzene rings is 2. The van der Waals surface area contributed by atoms with Gasteiger partial charge in [-0.25, -0.2) is 22.8 Å². The minimum atomic E-state index is -5.60. The summed E-state index contributed by atoms with van der Waals surface area (Å²) in [6.45, 7) is 0.875. The zero-order chi connectivity index (χ0) is 26.1. The van der Waals surface area contributed by atoms with Gasteiger partial charge in [0.2, 0.25) is 0 Å². The summed E-state index contributed by atoms with van der Waals surface area (Å²) in [7, 11) is -5.60. The van der Waals surface area contributed by atoms with Crippen molar-refractivity contribution in [3.8, 4) is 0 Å². The summed E-state index contributed by atoms with van der Waals surface area (Å²) in [4.78, 5) is 9.79. The van der Waals surface area contributed by atoms with Gasteiger partial charge in [-0.1, -0.05) is 42.5 Å². The number of rotatable bonds is 6. The van der Waals surface area contributed by atoms with Crippen LogP contribution in [0.2, 0.25) is 0 Å². The first-order valence-electron chi connectivity index (χ1n) is 11.2. The molecule has 0 saturated carbocycles. The third-order valence-corrected chi connectivity index (χ3v) is 7.80. The Morgan fingerprint density at radius 1 is 1.11 bits per heavy atom. The molecule has 2 aromatic carbocycles. The van der Waals surface area contributed by atoms with Crippen LogP contribution in [0, 0.1) is 12.7 Å². The van der Waals surface area contributed by atoms with Crippen molar-refractivity contribution in [2.24, 2.45) is 0 Å². The van der Waals surface area contributed by atoms with Gasteiger partial charge in [0.25, 0.3) is 0 Å². The molecule has 192 valence electrons. The Morgan fingerprint density at radius 3 is 2.50 bits per heavy atom. The minimum Gasteiger partial charge on any atom is -0.381 e. The minimum absolute atomic E-state index is 0.000293. The van der Waals surface area contributed by atoms with Gasteiger partial charge in [-0.3, -0.25) is 0 Å². The van der Waals surface area contributed by atoms with Gasteiger partial charge < -0.3 is 10.6 Å². The summed E-state index contributed by atoms with van der Waals surface area (Å²) >= 11 is 0. The molecule has 0 aliphatic carbocycles. The second-order valence-corrected chi connectivity index (χ2v) is 10.6. The Bertz CT molecular complexity index is 1340. The van der Waals surface area contributed by atoms with E-state index in [0.717, 1.165) is 11.8 Å². The second-order valence-electron chi connectivity index (χ2n) is 8.64. The quantitative estimate of drug-likeness (QED) is 0.488. The Labute approximate surface area is 206 Å². The third kappa shape index (κ3) is 5.29. The van der Waals surface area contributed by atoms with Gasteiger partial charge >= 0.3 is 15.5 Å². The van der Waals surface area contributed by atoms with Gasteiger partial charge in [0.05, 0.1) is 12.7 Å². The van der Waals surface area contributed by atoms with E-state index < -0.39 is 40.5 Å². The molecule has 0 saturated heterocycles. The van der Waals surface area contributed by atoms with Crippen LogP contribution in [0.15, 0.2) is 54.7 Å². The predicted molar refractivity (Wildman–Crippen MR) is 128 cm³/mol. The van der Waals surface area contributed by atoms with E-state index in [2.05, 4.69) is 9.97 Å². The molecule has 0 radical (unpaired) electrons. The fourth-order valence-electron chi connectivity index (χ4n) is 4.35. The van der Waals surface area contributed by atoms with E-state index in [1.54, 1.807) is 30.0 Å². The lowest BCUT2D eigenvalue weighted by Gasteiger charge is -2.34.